The van der Waals surface area contributed by atoms with E-state index in [1.165, 1.54) is 18.4 Å². The molecule has 1 aromatic carbocycles. The number of carbonyl (C=O) groups excluding carboxylic acids is 3. The average molecular weight is 503 g/mol. The van der Waals surface area contributed by atoms with Crippen LogP contribution in [0.1, 0.15) is 59.3 Å². The van der Waals surface area contributed by atoms with Gasteiger partial charge < -0.3 is 20.1 Å². The molecule has 1 atom stereocenters. The Hall–Kier alpha value is -2.58. The van der Waals surface area contributed by atoms with Crippen molar-refractivity contribution < 1.29 is 24.2 Å². The van der Waals surface area contributed by atoms with Gasteiger partial charge in [-0.25, -0.2) is 0 Å². The van der Waals surface area contributed by atoms with Crippen molar-refractivity contribution in [3.8, 4) is 5.75 Å². The predicted molar refractivity (Wildman–Crippen MR) is 128 cm³/mol. The minimum absolute atomic E-state index is 0.139. The zero-order chi connectivity index (χ0) is 24.1. The van der Waals surface area contributed by atoms with Crippen molar-refractivity contribution >= 4 is 40.7 Å². The largest absolute Gasteiger partial charge is 0.508 e. The number of phenolic OH excluding ortho intramolecular Hbond substituents is 1. The minimum atomic E-state index is -0.703. The molecule has 0 saturated heterocycles. The van der Waals surface area contributed by atoms with E-state index in [9.17, 15) is 19.5 Å². The predicted octanol–water partition coefficient (Wildman–Crippen LogP) is 4.06. The lowest BCUT2D eigenvalue weighted by molar-refractivity contribution is -0.161. The molecule has 0 radical (unpaired) electrons. The molecule has 2 aromatic rings. The summed E-state index contributed by atoms with van der Waals surface area (Å²) in [5.41, 5.74) is 0.979. The number of halogens is 1. The van der Waals surface area contributed by atoms with Gasteiger partial charge in [0, 0.05) is 18.5 Å². The summed E-state index contributed by atoms with van der Waals surface area (Å²) in [6.45, 7) is 0.278. The van der Waals surface area contributed by atoms with Crippen molar-refractivity contribution in [1.82, 2.24) is 10.2 Å². The van der Waals surface area contributed by atoms with Crippen LogP contribution in [0.5, 0.6) is 5.75 Å². The molecule has 0 spiro atoms. The van der Waals surface area contributed by atoms with E-state index in [1.54, 1.807) is 35.2 Å². The topological polar surface area (TPSA) is 95.9 Å². The Morgan fingerprint density at radius 1 is 1.09 bits per heavy atom. The van der Waals surface area contributed by atoms with E-state index in [-0.39, 0.29) is 35.6 Å². The number of nitrogens with one attached hydrogen (secondary N) is 1. The number of thiophene rings is 1. The Balaban J connectivity index is 1.39. The van der Waals surface area contributed by atoms with Gasteiger partial charge in [-0.3, -0.25) is 14.4 Å². The fourth-order valence-corrected chi connectivity index (χ4v) is 6.83. The van der Waals surface area contributed by atoms with E-state index in [1.807, 2.05) is 0 Å². The van der Waals surface area contributed by atoms with Gasteiger partial charge in [0.2, 0.25) is 5.91 Å². The smallest absolute Gasteiger partial charge is 0.311 e. The van der Waals surface area contributed by atoms with Gasteiger partial charge in [0.1, 0.15) is 11.8 Å². The van der Waals surface area contributed by atoms with Gasteiger partial charge in [-0.1, -0.05) is 17.7 Å². The molecule has 3 aliphatic carbocycles. The molecule has 9 heteroatoms. The van der Waals surface area contributed by atoms with Crippen molar-refractivity contribution in [2.45, 2.75) is 63.1 Å². The number of aromatic hydroxyl groups is 1. The summed E-state index contributed by atoms with van der Waals surface area (Å²) < 4.78 is 5.56. The second-order valence-electron chi connectivity index (χ2n) is 9.75. The van der Waals surface area contributed by atoms with Crippen molar-refractivity contribution in [3.63, 3.8) is 0 Å². The quantitative estimate of drug-likeness (QED) is 0.615. The summed E-state index contributed by atoms with van der Waals surface area (Å²) >= 11 is 7.26. The number of phenols is 1. The summed E-state index contributed by atoms with van der Waals surface area (Å²) in [6.07, 6.45) is 4.54. The molecule has 34 heavy (non-hydrogen) atoms. The van der Waals surface area contributed by atoms with Crippen LogP contribution in [0.2, 0.25) is 4.34 Å². The van der Waals surface area contributed by atoms with E-state index >= 15 is 0 Å². The van der Waals surface area contributed by atoms with E-state index < -0.39 is 11.5 Å². The number of amides is 2. The second kappa shape index (κ2) is 8.57. The first-order chi connectivity index (χ1) is 16.2. The molecule has 4 aliphatic rings. The molecule has 2 heterocycles. The third-order valence-electron chi connectivity index (χ3n) is 7.92. The van der Waals surface area contributed by atoms with Crippen LogP contribution < -0.4 is 5.32 Å². The lowest BCUT2D eigenvalue weighted by Crippen LogP contribution is -2.62. The third kappa shape index (κ3) is 3.96. The van der Waals surface area contributed by atoms with Gasteiger partial charge in [-0.15, -0.1) is 11.3 Å². The highest BCUT2D eigenvalue weighted by Crippen LogP contribution is 2.53. The number of carbonyl (C=O) groups is 3. The summed E-state index contributed by atoms with van der Waals surface area (Å²) in [6, 6.07) is 7.73. The zero-order valence-electron chi connectivity index (χ0n) is 18.9. The fourth-order valence-electron chi connectivity index (χ4n) is 5.83. The lowest BCUT2D eigenvalue weighted by Gasteiger charge is -2.52. The number of methoxy groups -OCH3 is 1. The molecular weight excluding hydrogens is 476 g/mol. The monoisotopic (exact) mass is 502 g/mol. The summed E-state index contributed by atoms with van der Waals surface area (Å²) in [5, 5.41) is 13.3. The molecule has 1 aliphatic heterocycles. The molecule has 2 N–H and O–H groups in total. The van der Waals surface area contributed by atoms with Gasteiger partial charge in [-0.05, 0) is 73.9 Å². The van der Waals surface area contributed by atoms with Crippen molar-refractivity contribution in [1.29, 1.82) is 0 Å². The molecular formula is C25H27ClN2O5S. The van der Waals surface area contributed by atoms with Gasteiger partial charge in [-0.2, -0.15) is 0 Å². The normalized spacial score (nSPS) is 27.7. The maximum absolute atomic E-state index is 13.7. The number of hydrogen-bond acceptors (Lipinski definition) is 6. The number of rotatable bonds is 4. The number of hydrogen-bond donors (Lipinski definition) is 2. The third-order valence-corrected chi connectivity index (χ3v) is 9.14. The summed E-state index contributed by atoms with van der Waals surface area (Å²) in [4.78, 5) is 41.5. The highest BCUT2D eigenvalue weighted by atomic mass is 35.5. The zero-order valence-corrected chi connectivity index (χ0v) is 20.5. The molecule has 1 aromatic heterocycles. The molecule has 1 unspecified atom stereocenters. The maximum atomic E-state index is 13.7. The first-order valence-electron chi connectivity index (χ1n) is 11.5. The van der Waals surface area contributed by atoms with Crippen molar-refractivity contribution in [2.24, 2.45) is 5.41 Å². The molecule has 6 rings (SSSR count). The van der Waals surface area contributed by atoms with E-state index in [0.29, 0.717) is 54.2 Å². The number of ether oxygens (including phenoxy) is 1. The Morgan fingerprint density at radius 2 is 1.79 bits per heavy atom. The lowest BCUT2D eigenvalue weighted by atomic mass is 9.57. The van der Waals surface area contributed by atoms with Gasteiger partial charge in [0.15, 0.2) is 0 Å². The molecule has 180 valence electrons. The molecule has 3 fully saturated rings. The van der Waals surface area contributed by atoms with Gasteiger partial charge in [0.05, 0.1) is 21.7 Å². The Morgan fingerprint density at radius 3 is 2.41 bits per heavy atom. The number of nitrogens with zero attached hydrogens (tertiary/aromatic N) is 1. The van der Waals surface area contributed by atoms with Crippen LogP contribution in [0.15, 0.2) is 30.3 Å². The van der Waals surface area contributed by atoms with E-state index in [0.717, 1.165) is 11.1 Å². The molecule has 3 saturated carbocycles. The van der Waals surface area contributed by atoms with Crippen LogP contribution >= 0.6 is 22.9 Å². The summed E-state index contributed by atoms with van der Waals surface area (Å²) in [5.74, 6) is -0.440. The standard InChI is InChI=1S/C25H27ClN2O5S/c1-33-23(32)24-6-9-25(10-7-24,11-8-24)27-21(30)18-13-16-12-17(29)3-2-15(16)14-28(18)22(31)19-4-5-20(26)34-19/h2-5,12,18,29H,6-11,13-14H2,1H3,(H,27,30). The van der Waals surface area contributed by atoms with Gasteiger partial charge in [0.25, 0.3) is 5.91 Å². The number of benzene rings is 1. The van der Waals surface area contributed by atoms with Crippen molar-refractivity contribution in [2.75, 3.05) is 7.11 Å². The van der Waals surface area contributed by atoms with E-state index in [2.05, 4.69) is 5.32 Å². The number of fused-ring (bicyclic) bond motifs is 4. The SMILES string of the molecule is COC(=O)C12CCC(NC(=O)C3Cc4cc(O)ccc4CN3C(=O)c3ccc(Cl)s3)(CC1)CC2. The second-order valence-corrected chi connectivity index (χ2v) is 11.5. The first-order valence-corrected chi connectivity index (χ1v) is 12.7. The van der Waals surface area contributed by atoms with Gasteiger partial charge >= 0.3 is 5.97 Å². The molecule has 2 amide bonds. The van der Waals surface area contributed by atoms with Crippen molar-refractivity contribution in [3.05, 3.63) is 50.7 Å². The highest BCUT2D eigenvalue weighted by Gasteiger charge is 2.54. The van der Waals surface area contributed by atoms with Crippen LogP contribution in [0.4, 0.5) is 0 Å². The maximum Gasteiger partial charge on any atom is 0.311 e. The van der Waals surface area contributed by atoms with E-state index in [4.69, 9.17) is 16.3 Å². The fraction of sp³-hybridized carbons (Fsp3) is 0.480. The average Bonchev–Trinajstić information content (AvgIpc) is 3.29. The Labute approximate surface area is 207 Å². The minimum Gasteiger partial charge on any atom is -0.508 e. The van der Waals surface area contributed by atoms with Crippen LogP contribution in [0, 0.1) is 5.41 Å². The van der Waals surface area contributed by atoms with Crippen LogP contribution in [-0.4, -0.2) is 46.5 Å². The number of esters is 1. The Kier molecular flexibility index (Phi) is 5.84. The van der Waals surface area contributed by atoms with Crippen LogP contribution in [-0.2, 0) is 27.3 Å². The Bertz CT molecular complexity index is 1140. The molecule has 2 bridgehead atoms. The summed E-state index contributed by atoms with van der Waals surface area (Å²) in [7, 11) is 1.43. The van der Waals surface area contributed by atoms with Crippen LogP contribution in [0.3, 0.4) is 0 Å². The van der Waals surface area contributed by atoms with Crippen LogP contribution in [0.25, 0.3) is 0 Å². The molecule has 7 nitrogen and oxygen atoms in total. The highest BCUT2D eigenvalue weighted by molar-refractivity contribution is 7.18. The first kappa shape index (κ1) is 23.2.